The Labute approximate surface area is 132 Å². The molecule has 1 N–H and O–H groups in total. The minimum Gasteiger partial charge on any atom is -0.463 e. The molecule has 0 saturated heterocycles. The minimum atomic E-state index is -0.114. The van der Waals surface area contributed by atoms with Crippen molar-refractivity contribution in [3.8, 4) is 11.5 Å². The van der Waals surface area contributed by atoms with Gasteiger partial charge in [-0.1, -0.05) is 6.07 Å². The average molecular weight is 313 g/mol. The van der Waals surface area contributed by atoms with Gasteiger partial charge in [-0.3, -0.25) is 9.78 Å². The Bertz CT molecular complexity index is 794. The van der Waals surface area contributed by atoms with Crippen molar-refractivity contribution in [2.24, 2.45) is 0 Å². The molecule has 0 aliphatic carbocycles. The summed E-state index contributed by atoms with van der Waals surface area (Å²) in [5, 5.41) is 3.81. The number of carbonyl (C=O) groups is 1. The standard InChI is InChI=1S/C16H15N3O2S/c1-10-15(22-11(2)19-10)16(20)18-9-12-5-3-7-17-14(12)13-6-4-8-21-13/h3-8H,9H2,1-2H3,(H,18,20). The Morgan fingerprint density at radius 1 is 1.32 bits per heavy atom. The van der Waals surface area contributed by atoms with Crippen molar-refractivity contribution in [2.75, 3.05) is 0 Å². The number of hydrogen-bond acceptors (Lipinski definition) is 5. The number of aromatic nitrogens is 2. The van der Waals surface area contributed by atoms with Gasteiger partial charge in [0.25, 0.3) is 5.91 Å². The summed E-state index contributed by atoms with van der Waals surface area (Å²) in [5.41, 5.74) is 2.41. The van der Waals surface area contributed by atoms with E-state index in [0.29, 0.717) is 17.2 Å². The Morgan fingerprint density at radius 2 is 2.18 bits per heavy atom. The summed E-state index contributed by atoms with van der Waals surface area (Å²) in [6.45, 7) is 4.13. The molecular weight excluding hydrogens is 298 g/mol. The minimum absolute atomic E-state index is 0.114. The third-order valence-electron chi connectivity index (χ3n) is 3.19. The molecule has 1 amide bonds. The molecule has 3 heterocycles. The lowest BCUT2D eigenvalue weighted by molar-refractivity contribution is 0.0954. The summed E-state index contributed by atoms with van der Waals surface area (Å²) in [6, 6.07) is 7.44. The first-order valence-corrected chi connectivity index (χ1v) is 7.67. The highest BCUT2D eigenvalue weighted by Gasteiger charge is 2.15. The van der Waals surface area contributed by atoms with Crippen molar-refractivity contribution < 1.29 is 9.21 Å². The number of pyridine rings is 1. The molecule has 0 atom stereocenters. The van der Waals surface area contributed by atoms with E-state index in [4.69, 9.17) is 4.42 Å². The van der Waals surface area contributed by atoms with E-state index in [9.17, 15) is 4.79 Å². The number of nitrogens with zero attached hydrogens (tertiary/aromatic N) is 2. The second-order valence-electron chi connectivity index (χ2n) is 4.82. The molecule has 0 radical (unpaired) electrons. The number of hydrogen-bond donors (Lipinski definition) is 1. The predicted octanol–water partition coefficient (Wildman–Crippen LogP) is 3.34. The number of rotatable bonds is 4. The largest absolute Gasteiger partial charge is 0.463 e. The normalized spacial score (nSPS) is 10.6. The third-order valence-corrected chi connectivity index (χ3v) is 4.27. The van der Waals surface area contributed by atoms with E-state index in [1.54, 1.807) is 12.5 Å². The van der Waals surface area contributed by atoms with Gasteiger partial charge in [0.05, 0.1) is 17.0 Å². The quantitative estimate of drug-likeness (QED) is 0.802. The molecule has 0 saturated carbocycles. The van der Waals surface area contributed by atoms with Gasteiger partial charge in [0.1, 0.15) is 10.6 Å². The van der Waals surface area contributed by atoms with Gasteiger partial charge in [-0.25, -0.2) is 4.98 Å². The maximum atomic E-state index is 12.3. The average Bonchev–Trinajstić information content (AvgIpc) is 3.15. The topological polar surface area (TPSA) is 68.0 Å². The van der Waals surface area contributed by atoms with Crippen LogP contribution in [0.25, 0.3) is 11.5 Å². The highest BCUT2D eigenvalue weighted by atomic mass is 32.1. The second kappa shape index (κ2) is 6.11. The number of amides is 1. The van der Waals surface area contributed by atoms with Crippen LogP contribution in [-0.4, -0.2) is 15.9 Å². The SMILES string of the molecule is Cc1nc(C)c(C(=O)NCc2cccnc2-c2ccco2)s1. The summed E-state index contributed by atoms with van der Waals surface area (Å²) in [6.07, 6.45) is 3.32. The molecule has 3 aromatic rings. The maximum absolute atomic E-state index is 12.3. The number of nitrogens with one attached hydrogen (secondary N) is 1. The van der Waals surface area contributed by atoms with Gasteiger partial charge in [0, 0.05) is 18.3 Å². The summed E-state index contributed by atoms with van der Waals surface area (Å²) in [5.74, 6) is 0.576. The molecular formula is C16H15N3O2S. The zero-order chi connectivity index (χ0) is 15.5. The first-order valence-electron chi connectivity index (χ1n) is 6.85. The molecule has 3 aromatic heterocycles. The molecule has 3 rings (SSSR count). The summed E-state index contributed by atoms with van der Waals surface area (Å²) >= 11 is 1.40. The fourth-order valence-corrected chi connectivity index (χ4v) is 3.05. The summed E-state index contributed by atoms with van der Waals surface area (Å²) < 4.78 is 5.39. The smallest absolute Gasteiger partial charge is 0.263 e. The molecule has 0 spiro atoms. The molecule has 0 aliphatic heterocycles. The highest BCUT2D eigenvalue weighted by Crippen LogP contribution is 2.22. The first kappa shape index (κ1) is 14.5. The van der Waals surface area contributed by atoms with Crippen LogP contribution in [0, 0.1) is 13.8 Å². The number of carbonyl (C=O) groups excluding carboxylic acids is 1. The van der Waals surface area contributed by atoms with Gasteiger partial charge in [0.15, 0.2) is 5.76 Å². The lowest BCUT2D eigenvalue weighted by Crippen LogP contribution is -2.23. The maximum Gasteiger partial charge on any atom is 0.263 e. The van der Waals surface area contributed by atoms with Crippen LogP contribution < -0.4 is 5.32 Å². The van der Waals surface area contributed by atoms with Gasteiger partial charge in [-0.2, -0.15) is 0 Å². The highest BCUT2D eigenvalue weighted by molar-refractivity contribution is 7.13. The van der Waals surface area contributed by atoms with Crippen molar-refractivity contribution in [2.45, 2.75) is 20.4 Å². The van der Waals surface area contributed by atoms with Crippen LogP contribution in [0.1, 0.15) is 25.9 Å². The number of furan rings is 1. The molecule has 0 bridgehead atoms. The lowest BCUT2D eigenvalue weighted by atomic mass is 10.1. The van der Waals surface area contributed by atoms with Crippen LogP contribution in [0.5, 0.6) is 0 Å². The molecule has 0 fully saturated rings. The van der Waals surface area contributed by atoms with Crippen LogP contribution >= 0.6 is 11.3 Å². The zero-order valence-electron chi connectivity index (χ0n) is 12.3. The molecule has 112 valence electrons. The molecule has 22 heavy (non-hydrogen) atoms. The number of aryl methyl sites for hydroxylation is 2. The Balaban J connectivity index is 1.77. The van der Waals surface area contributed by atoms with Crippen molar-refractivity contribution in [1.82, 2.24) is 15.3 Å². The monoisotopic (exact) mass is 313 g/mol. The van der Waals surface area contributed by atoms with Crippen molar-refractivity contribution in [3.05, 3.63) is 57.9 Å². The molecule has 0 unspecified atom stereocenters. The Morgan fingerprint density at radius 3 is 2.86 bits per heavy atom. The lowest BCUT2D eigenvalue weighted by Gasteiger charge is -2.07. The number of thiazole rings is 1. The third kappa shape index (κ3) is 2.92. The fraction of sp³-hybridized carbons (Fsp3) is 0.188. The van der Waals surface area contributed by atoms with Gasteiger partial charge in [0.2, 0.25) is 0 Å². The molecule has 0 aliphatic rings. The first-order chi connectivity index (χ1) is 10.6. The molecule has 5 nitrogen and oxygen atoms in total. The van der Waals surface area contributed by atoms with Crippen molar-refractivity contribution in [1.29, 1.82) is 0 Å². The Kier molecular flexibility index (Phi) is 4.02. The zero-order valence-corrected chi connectivity index (χ0v) is 13.1. The van der Waals surface area contributed by atoms with Gasteiger partial charge >= 0.3 is 0 Å². The van der Waals surface area contributed by atoms with Gasteiger partial charge in [-0.15, -0.1) is 11.3 Å². The van der Waals surface area contributed by atoms with E-state index in [1.807, 2.05) is 38.1 Å². The van der Waals surface area contributed by atoms with E-state index in [-0.39, 0.29) is 5.91 Å². The van der Waals surface area contributed by atoms with Crippen LogP contribution in [0.3, 0.4) is 0 Å². The Hall–Kier alpha value is -2.47. The molecule has 6 heteroatoms. The van der Waals surface area contributed by atoms with Crippen LogP contribution in [0.4, 0.5) is 0 Å². The summed E-state index contributed by atoms with van der Waals surface area (Å²) in [4.78, 5) is 21.5. The van der Waals surface area contributed by atoms with E-state index < -0.39 is 0 Å². The molecule has 0 aromatic carbocycles. The fourth-order valence-electron chi connectivity index (χ4n) is 2.21. The summed E-state index contributed by atoms with van der Waals surface area (Å²) in [7, 11) is 0. The van der Waals surface area contributed by atoms with Crippen molar-refractivity contribution in [3.63, 3.8) is 0 Å². The van der Waals surface area contributed by atoms with Crippen LogP contribution in [0.2, 0.25) is 0 Å². The van der Waals surface area contributed by atoms with Crippen LogP contribution in [0.15, 0.2) is 41.1 Å². The van der Waals surface area contributed by atoms with E-state index >= 15 is 0 Å². The predicted molar refractivity (Wildman–Crippen MR) is 84.7 cm³/mol. The van der Waals surface area contributed by atoms with Crippen LogP contribution in [-0.2, 0) is 6.54 Å². The van der Waals surface area contributed by atoms with Gasteiger partial charge < -0.3 is 9.73 Å². The van der Waals surface area contributed by atoms with E-state index in [2.05, 4.69) is 15.3 Å². The van der Waals surface area contributed by atoms with E-state index in [1.165, 1.54) is 11.3 Å². The second-order valence-corrected chi connectivity index (χ2v) is 6.02. The van der Waals surface area contributed by atoms with Gasteiger partial charge in [-0.05, 0) is 32.0 Å². The van der Waals surface area contributed by atoms with E-state index in [0.717, 1.165) is 22.0 Å². The van der Waals surface area contributed by atoms with Crippen molar-refractivity contribution >= 4 is 17.2 Å².